The number of azo groups is 1. The molecule has 0 fully saturated rings. The Morgan fingerprint density at radius 3 is 1.89 bits per heavy atom. The molecule has 0 aliphatic rings. The average Bonchev–Trinajstić information content (AvgIpc) is 2.46. The molecule has 3 heteroatoms. The van der Waals surface area contributed by atoms with Crippen molar-refractivity contribution in [1.82, 2.24) is 0 Å². The summed E-state index contributed by atoms with van der Waals surface area (Å²) in [5.41, 5.74) is 3.55. The van der Waals surface area contributed by atoms with E-state index in [4.69, 9.17) is 5.26 Å². The second-order valence-corrected chi connectivity index (χ2v) is 3.94. The van der Waals surface area contributed by atoms with Gasteiger partial charge < -0.3 is 0 Å². The van der Waals surface area contributed by atoms with Crippen LogP contribution in [0.1, 0.15) is 11.1 Å². The van der Waals surface area contributed by atoms with E-state index >= 15 is 0 Å². The first-order valence-electron chi connectivity index (χ1n) is 5.76. The van der Waals surface area contributed by atoms with E-state index < -0.39 is 0 Å². The minimum absolute atomic E-state index is 0.753. The minimum Gasteiger partial charge on any atom is -0.183 e. The molecular weight excluding hydrogens is 234 g/mol. The van der Waals surface area contributed by atoms with Crippen molar-refractivity contribution in [2.24, 2.45) is 10.2 Å². The molecule has 0 saturated heterocycles. The van der Waals surface area contributed by atoms with Crippen LogP contribution in [-0.4, -0.2) is 0 Å². The summed E-state index contributed by atoms with van der Waals surface area (Å²) >= 11 is 0. The Balaban J connectivity index is 2.11. The van der Waals surface area contributed by atoms with Crippen molar-refractivity contribution in [2.75, 3.05) is 0 Å². The van der Waals surface area contributed by atoms with E-state index in [0.29, 0.717) is 0 Å². The van der Waals surface area contributed by atoms with E-state index in [-0.39, 0.29) is 0 Å². The number of nitriles is 1. The van der Waals surface area contributed by atoms with Crippen LogP contribution >= 0.6 is 0 Å². The van der Waals surface area contributed by atoms with Gasteiger partial charge in [0.05, 0.1) is 11.4 Å². The van der Waals surface area contributed by atoms with Crippen LogP contribution < -0.4 is 0 Å². The molecule has 0 heterocycles. The highest BCUT2D eigenvalue weighted by Crippen LogP contribution is 2.18. The van der Waals surface area contributed by atoms with Crippen LogP contribution in [0.2, 0.25) is 0 Å². The van der Waals surface area contributed by atoms with E-state index in [9.17, 15) is 0 Å². The van der Waals surface area contributed by atoms with Gasteiger partial charge in [-0.1, -0.05) is 23.6 Å². The molecule has 0 aliphatic carbocycles. The van der Waals surface area contributed by atoms with Crippen LogP contribution in [-0.2, 0) is 0 Å². The lowest BCUT2D eigenvalue weighted by Crippen LogP contribution is -1.72. The smallest absolute Gasteiger partial charge is 0.152 e. The Labute approximate surface area is 112 Å². The molecule has 0 aromatic heterocycles. The Kier molecular flexibility index (Phi) is 4.05. The van der Waals surface area contributed by atoms with Crippen molar-refractivity contribution >= 4 is 11.4 Å². The third-order valence-electron chi connectivity index (χ3n) is 2.44. The number of nitrogens with zero attached hydrogens (tertiary/aromatic N) is 3. The van der Waals surface area contributed by atoms with Gasteiger partial charge in [-0.05, 0) is 43.3 Å². The highest BCUT2D eigenvalue weighted by Gasteiger charge is 1.92. The summed E-state index contributed by atoms with van der Waals surface area (Å²) in [6.45, 7) is 2.03. The Bertz CT molecular complexity index is 678. The van der Waals surface area contributed by atoms with Gasteiger partial charge in [0, 0.05) is 11.5 Å². The van der Waals surface area contributed by atoms with Gasteiger partial charge in [-0.2, -0.15) is 15.5 Å². The molecule has 0 spiro atoms. The monoisotopic (exact) mass is 245 g/mol. The maximum absolute atomic E-state index is 8.35. The molecule has 2 rings (SSSR count). The quantitative estimate of drug-likeness (QED) is 0.575. The van der Waals surface area contributed by atoms with E-state index in [0.717, 1.165) is 16.9 Å². The van der Waals surface area contributed by atoms with Crippen molar-refractivity contribution in [3.63, 3.8) is 0 Å². The number of rotatable bonds is 2. The summed E-state index contributed by atoms with van der Waals surface area (Å²) in [5, 5.41) is 16.6. The van der Waals surface area contributed by atoms with Crippen LogP contribution in [0.5, 0.6) is 0 Å². The summed E-state index contributed by atoms with van der Waals surface area (Å²) in [4.78, 5) is 0. The Morgan fingerprint density at radius 2 is 1.37 bits per heavy atom. The topological polar surface area (TPSA) is 48.5 Å². The minimum atomic E-state index is 0.753. The number of hydrogen-bond acceptors (Lipinski definition) is 3. The zero-order valence-electron chi connectivity index (χ0n) is 10.5. The molecular formula is C16H11N3. The van der Waals surface area contributed by atoms with E-state index in [1.165, 1.54) is 5.56 Å². The van der Waals surface area contributed by atoms with Crippen LogP contribution in [0.25, 0.3) is 0 Å². The molecule has 0 saturated carbocycles. The summed E-state index contributed by atoms with van der Waals surface area (Å²) in [6, 6.07) is 16.9. The molecule has 2 aromatic carbocycles. The highest BCUT2D eigenvalue weighted by atomic mass is 15.1. The predicted octanol–water partition coefficient (Wildman–Crippen LogP) is 4.29. The molecule has 19 heavy (non-hydrogen) atoms. The van der Waals surface area contributed by atoms with Crippen LogP contribution in [0.3, 0.4) is 0 Å². The zero-order valence-corrected chi connectivity index (χ0v) is 10.5. The molecule has 0 atom stereocenters. The second-order valence-electron chi connectivity index (χ2n) is 3.94. The summed E-state index contributed by atoms with van der Waals surface area (Å²) < 4.78 is 0. The van der Waals surface area contributed by atoms with Crippen LogP contribution in [0.4, 0.5) is 11.4 Å². The lowest BCUT2D eigenvalue weighted by atomic mass is 10.2. The fourth-order valence-electron chi connectivity index (χ4n) is 1.44. The molecule has 0 N–H and O–H groups in total. The maximum atomic E-state index is 8.35. The molecule has 0 amide bonds. The molecule has 0 bridgehead atoms. The summed E-state index contributed by atoms with van der Waals surface area (Å²) in [6.07, 6.45) is 0. The maximum Gasteiger partial charge on any atom is 0.152 e. The SMILES string of the molecule is Cc1ccc(N=Nc2ccc(C#CC#N)cc2)cc1. The number of benzene rings is 2. The number of hydrogen-bond donors (Lipinski definition) is 0. The van der Waals surface area contributed by atoms with Crippen molar-refractivity contribution < 1.29 is 0 Å². The van der Waals surface area contributed by atoms with Gasteiger partial charge in [-0.25, -0.2) is 0 Å². The molecule has 3 nitrogen and oxygen atoms in total. The zero-order chi connectivity index (χ0) is 13.5. The standard InChI is InChI=1S/C16H11N3/c1-13-4-8-15(9-5-13)18-19-16-10-6-14(7-11-16)3-2-12-17/h4-11H,1H3. The second kappa shape index (κ2) is 6.14. The fourth-order valence-corrected chi connectivity index (χ4v) is 1.44. The van der Waals surface area contributed by atoms with E-state index in [1.54, 1.807) is 6.07 Å². The first-order valence-corrected chi connectivity index (χ1v) is 5.76. The van der Waals surface area contributed by atoms with Gasteiger partial charge in [0.2, 0.25) is 0 Å². The number of aryl methyl sites for hydroxylation is 1. The van der Waals surface area contributed by atoms with Crippen LogP contribution in [0.15, 0.2) is 58.8 Å². The summed E-state index contributed by atoms with van der Waals surface area (Å²) in [5.74, 6) is 5.07. The van der Waals surface area contributed by atoms with Gasteiger partial charge in [0.25, 0.3) is 0 Å². The first-order chi connectivity index (χ1) is 9.28. The van der Waals surface area contributed by atoms with Crippen LogP contribution in [0, 0.1) is 30.1 Å². The van der Waals surface area contributed by atoms with Crippen molar-refractivity contribution in [3.05, 3.63) is 59.7 Å². The van der Waals surface area contributed by atoms with E-state index in [1.807, 2.05) is 55.5 Å². The van der Waals surface area contributed by atoms with Gasteiger partial charge in [-0.15, -0.1) is 0 Å². The molecule has 0 aliphatic heterocycles. The molecule has 0 unspecified atom stereocenters. The van der Waals surface area contributed by atoms with Gasteiger partial charge >= 0.3 is 0 Å². The molecule has 0 radical (unpaired) electrons. The first kappa shape index (κ1) is 12.5. The molecule has 90 valence electrons. The third kappa shape index (κ3) is 3.80. The normalized spacial score (nSPS) is 9.68. The predicted molar refractivity (Wildman–Crippen MR) is 74.3 cm³/mol. The Hall–Kier alpha value is -2.91. The van der Waals surface area contributed by atoms with Gasteiger partial charge in [0.1, 0.15) is 0 Å². The van der Waals surface area contributed by atoms with Gasteiger partial charge in [-0.3, -0.25) is 0 Å². The third-order valence-corrected chi connectivity index (χ3v) is 2.44. The van der Waals surface area contributed by atoms with Crippen molar-refractivity contribution in [3.8, 4) is 17.9 Å². The van der Waals surface area contributed by atoms with Crippen molar-refractivity contribution in [2.45, 2.75) is 6.92 Å². The lowest BCUT2D eigenvalue weighted by Gasteiger charge is -1.95. The summed E-state index contributed by atoms with van der Waals surface area (Å²) in [7, 11) is 0. The van der Waals surface area contributed by atoms with Crippen molar-refractivity contribution in [1.29, 1.82) is 5.26 Å². The van der Waals surface area contributed by atoms with E-state index in [2.05, 4.69) is 22.1 Å². The fraction of sp³-hybridized carbons (Fsp3) is 0.0625. The Morgan fingerprint density at radius 1 is 0.842 bits per heavy atom. The average molecular weight is 245 g/mol. The largest absolute Gasteiger partial charge is 0.183 e. The molecule has 2 aromatic rings. The lowest BCUT2D eigenvalue weighted by molar-refractivity contribution is 1.23. The highest BCUT2D eigenvalue weighted by molar-refractivity contribution is 5.46. The van der Waals surface area contributed by atoms with Gasteiger partial charge in [0.15, 0.2) is 6.07 Å².